The molecule has 5 aromatic rings. The highest BCUT2D eigenvalue weighted by Gasteiger charge is 2.24. The first-order valence-corrected chi connectivity index (χ1v) is 13.3. The van der Waals surface area contributed by atoms with Gasteiger partial charge in [-0.3, -0.25) is 15.2 Å². The quantitative estimate of drug-likeness (QED) is 0.294. The van der Waals surface area contributed by atoms with E-state index in [1.807, 2.05) is 36.5 Å². The van der Waals surface area contributed by atoms with Gasteiger partial charge in [-0.1, -0.05) is 6.07 Å². The van der Waals surface area contributed by atoms with E-state index in [0.717, 1.165) is 48.3 Å². The van der Waals surface area contributed by atoms with Gasteiger partial charge in [0.05, 0.1) is 11.7 Å². The number of aromatic nitrogens is 5. The Morgan fingerprint density at radius 3 is 2.67 bits per heavy atom. The summed E-state index contributed by atoms with van der Waals surface area (Å²) in [6.07, 6.45) is 9.23. The third-order valence-corrected chi connectivity index (χ3v) is 7.21. The van der Waals surface area contributed by atoms with Crippen molar-refractivity contribution in [3.8, 4) is 22.5 Å². The van der Waals surface area contributed by atoms with Gasteiger partial charge in [0.25, 0.3) is 0 Å². The van der Waals surface area contributed by atoms with Gasteiger partial charge >= 0.3 is 6.03 Å². The van der Waals surface area contributed by atoms with Crippen LogP contribution in [0.2, 0.25) is 0 Å². The lowest BCUT2D eigenvalue weighted by molar-refractivity contribution is 0.227. The Balaban J connectivity index is 1.25. The lowest BCUT2D eigenvalue weighted by Gasteiger charge is -2.27. The molecular formula is C30H29FN8O. The summed E-state index contributed by atoms with van der Waals surface area (Å²) in [5, 5.41) is 10.4. The Morgan fingerprint density at radius 1 is 1.02 bits per heavy atom. The van der Waals surface area contributed by atoms with E-state index < -0.39 is 0 Å². The van der Waals surface area contributed by atoms with Crippen molar-refractivity contribution in [1.82, 2.24) is 34.8 Å². The lowest BCUT2D eigenvalue weighted by atomic mass is 10.0. The number of hydrogen-bond acceptors (Lipinski definition) is 6. The number of likely N-dealkylation sites (tertiary alicyclic amines) is 1. The van der Waals surface area contributed by atoms with Crippen LogP contribution in [0.1, 0.15) is 30.0 Å². The number of anilines is 1. The normalized spacial score (nSPS) is 14.3. The molecule has 0 radical (unpaired) electrons. The Morgan fingerprint density at radius 2 is 1.88 bits per heavy atom. The molecule has 2 amide bonds. The zero-order valence-corrected chi connectivity index (χ0v) is 22.1. The van der Waals surface area contributed by atoms with E-state index in [-0.39, 0.29) is 17.9 Å². The van der Waals surface area contributed by atoms with Gasteiger partial charge in [0.1, 0.15) is 17.3 Å². The molecule has 202 valence electrons. The van der Waals surface area contributed by atoms with Crippen LogP contribution in [0.15, 0.2) is 79.4 Å². The largest absolute Gasteiger partial charge is 0.336 e. The van der Waals surface area contributed by atoms with Crippen molar-refractivity contribution in [2.75, 3.05) is 25.0 Å². The van der Waals surface area contributed by atoms with Crippen LogP contribution in [0, 0.1) is 12.7 Å². The highest BCUT2D eigenvalue weighted by Crippen LogP contribution is 2.33. The Hall–Kier alpha value is -4.70. The van der Waals surface area contributed by atoms with Crippen LogP contribution in [0.3, 0.4) is 0 Å². The Bertz CT molecular complexity index is 1650. The highest BCUT2D eigenvalue weighted by atomic mass is 19.1. The number of hydrogen-bond donors (Lipinski definition) is 2. The standard InChI is InChI=1S/C30H29FN8O/c1-20-16-21(8-9-24(20)31)28-29(39-27(37-28)7-5-12-35-39)22-10-13-33-26(17-22)36-30(40)34-19-25(38-14-2-3-15-38)23-6-4-11-32-18-23/h4-13,16-18,25H,2-3,14-15,19H2,1H3,(H2,33,34,36,40). The molecule has 0 aliphatic carbocycles. The molecule has 9 nitrogen and oxygen atoms in total. The zero-order chi connectivity index (χ0) is 27.5. The molecule has 1 saturated heterocycles. The third kappa shape index (κ3) is 5.26. The number of rotatable bonds is 7. The van der Waals surface area contributed by atoms with E-state index in [1.54, 1.807) is 48.2 Å². The van der Waals surface area contributed by atoms with E-state index >= 15 is 0 Å². The molecule has 0 spiro atoms. The van der Waals surface area contributed by atoms with Crippen LogP contribution in [-0.4, -0.2) is 55.1 Å². The molecule has 1 fully saturated rings. The number of benzene rings is 1. The fourth-order valence-electron chi connectivity index (χ4n) is 5.22. The number of imidazole rings is 1. The molecule has 0 saturated carbocycles. The molecule has 2 N–H and O–H groups in total. The molecule has 0 bridgehead atoms. The zero-order valence-electron chi connectivity index (χ0n) is 22.1. The van der Waals surface area contributed by atoms with E-state index in [9.17, 15) is 9.18 Å². The third-order valence-electron chi connectivity index (χ3n) is 7.21. The Kier molecular flexibility index (Phi) is 7.15. The molecule has 1 aliphatic heterocycles. The number of carbonyl (C=O) groups is 1. The fraction of sp³-hybridized carbons (Fsp3) is 0.233. The molecule has 1 atom stereocenters. The summed E-state index contributed by atoms with van der Waals surface area (Å²) >= 11 is 0. The fourth-order valence-corrected chi connectivity index (χ4v) is 5.22. The number of fused-ring (bicyclic) bond motifs is 1. The molecule has 1 aliphatic rings. The average molecular weight is 537 g/mol. The molecule has 6 rings (SSSR count). The molecular weight excluding hydrogens is 507 g/mol. The van der Waals surface area contributed by atoms with Gasteiger partial charge in [-0.2, -0.15) is 5.10 Å². The minimum atomic E-state index is -0.344. The first-order valence-electron chi connectivity index (χ1n) is 13.3. The summed E-state index contributed by atoms with van der Waals surface area (Å²) in [6, 6.07) is 15.9. The number of carbonyl (C=O) groups excluding carboxylic acids is 1. The number of nitrogens with one attached hydrogen (secondary N) is 2. The molecule has 4 aromatic heterocycles. The predicted molar refractivity (Wildman–Crippen MR) is 151 cm³/mol. The summed E-state index contributed by atoms with van der Waals surface area (Å²) < 4.78 is 15.8. The number of pyridine rings is 2. The molecule has 1 aromatic carbocycles. The summed E-state index contributed by atoms with van der Waals surface area (Å²) in [7, 11) is 0. The highest BCUT2D eigenvalue weighted by molar-refractivity contribution is 5.90. The smallest absolute Gasteiger partial charge is 0.320 e. The van der Waals surface area contributed by atoms with Gasteiger partial charge in [0.2, 0.25) is 0 Å². The van der Waals surface area contributed by atoms with Crippen LogP contribution in [0.5, 0.6) is 0 Å². The van der Waals surface area contributed by atoms with E-state index in [1.165, 1.54) is 6.07 Å². The number of amides is 2. The van der Waals surface area contributed by atoms with Crippen molar-refractivity contribution in [1.29, 1.82) is 0 Å². The first-order chi connectivity index (χ1) is 19.6. The van der Waals surface area contributed by atoms with Crippen molar-refractivity contribution in [3.63, 3.8) is 0 Å². The average Bonchev–Trinajstić information content (AvgIpc) is 3.64. The van der Waals surface area contributed by atoms with Crippen LogP contribution in [-0.2, 0) is 0 Å². The molecule has 5 heterocycles. The van der Waals surface area contributed by atoms with Crippen LogP contribution < -0.4 is 10.6 Å². The second kappa shape index (κ2) is 11.2. The maximum atomic E-state index is 14.0. The topological polar surface area (TPSA) is 100 Å². The second-order valence-electron chi connectivity index (χ2n) is 9.88. The number of halogens is 1. The van der Waals surface area contributed by atoms with Crippen LogP contribution in [0.4, 0.5) is 15.0 Å². The predicted octanol–water partition coefficient (Wildman–Crippen LogP) is 5.26. The van der Waals surface area contributed by atoms with E-state index in [0.29, 0.717) is 29.3 Å². The summed E-state index contributed by atoms with van der Waals surface area (Å²) in [6.45, 7) is 4.16. The monoisotopic (exact) mass is 536 g/mol. The minimum Gasteiger partial charge on any atom is -0.336 e. The number of nitrogens with zero attached hydrogens (tertiary/aromatic N) is 6. The Labute approximate surface area is 231 Å². The van der Waals surface area contributed by atoms with Gasteiger partial charge in [0, 0.05) is 42.5 Å². The summed E-state index contributed by atoms with van der Waals surface area (Å²) in [4.78, 5) is 28.8. The van der Waals surface area contributed by atoms with Gasteiger partial charge in [-0.15, -0.1) is 0 Å². The van der Waals surface area contributed by atoms with Crippen LogP contribution >= 0.6 is 0 Å². The van der Waals surface area contributed by atoms with Gasteiger partial charge in [0.15, 0.2) is 5.65 Å². The SMILES string of the molecule is Cc1cc(-c2nc3cccnn3c2-c2ccnc(NC(=O)NCC(c3cccnc3)N3CCCC3)c2)ccc1F. The van der Waals surface area contributed by atoms with Crippen molar-refractivity contribution >= 4 is 17.5 Å². The second-order valence-corrected chi connectivity index (χ2v) is 9.88. The van der Waals surface area contributed by atoms with Gasteiger partial charge in [-0.25, -0.2) is 23.7 Å². The van der Waals surface area contributed by atoms with Crippen molar-refractivity contribution in [3.05, 3.63) is 96.3 Å². The number of aryl methyl sites for hydroxylation is 1. The van der Waals surface area contributed by atoms with Crippen molar-refractivity contribution in [2.45, 2.75) is 25.8 Å². The van der Waals surface area contributed by atoms with Gasteiger partial charge < -0.3 is 5.32 Å². The summed E-state index contributed by atoms with van der Waals surface area (Å²) in [5.74, 6) is 0.116. The lowest BCUT2D eigenvalue weighted by Crippen LogP contribution is -2.38. The first kappa shape index (κ1) is 25.6. The minimum absolute atomic E-state index is 0.0483. The maximum Gasteiger partial charge on any atom is 0.320 e. The maximum absolute atomic E-state index is 14.0. The van der Waals surface area contributed by atoms with Crippen molar-refractivity contribution in [2.24, 2.45) is 0 Å². The van der Waals surface area contributed by atoms with Gasteiger partial charge in [-0.05, 0) is 92.5 Å². The molecule has 10 heteroatoms. The molecule has 1 unspecified atom stereocenters. The van der Waals surface area contributed by atoms with Crippen molar-refractivity contribution < 1.29 is 9.18 Å². The molecule has 40 heavy (non-hydrogen) atoms. The van der Waals surface area contributed by atoms with E-state index in [4.69, 9.17) is 4.98 Å². The summed E-state index contributed by atoms with van der Waals surface area (Å²) in [5.41, 5.74) is 5.17. The van der Waals surface area contributed by atoms with E-state index in [2.05, 4.69) is 30.6 Å². The van der Waals surface area contributed by atoms with Crippen LogP contribution in [0.25, 0.3) is 28.2 Å². The number of urea groups is 1.